The van der Waals surface area contributed by atoms with Gasteiger partial charge >= 0.3 is 6.03 Å². The van der Waals surface area contributed by atoms with Gasteiger partial charge in [-0.3, -0.25) is 4.79 Å². The Balaban J connectivity index is 1.55. The Morgan fingerprint density at radius 1 is 1.29 bits per heavy atom. The van der Waals surface area contributed by atoms with Crippen molar-refractivity contribution in [3.63, 3.8) is 0 Å². The van der Waals surface area contributed by atoms with Crippen LogP contribution in [0.15, 0.2) is 24.3 Å². The third kappa shape index (κ3) is 3.38. The van der Waals surface area contributed by atoms with Crippen molar-refractivity contribution in [3.05, 3.63) is 35.4 Å². The minimum absolute atomic E-state index is 0.0485. The summed E-state index contributed by atoms with van der Waals surface area (Å²) in [6, 6.07) is 7.33. The summed E-state index contributed by atoms with van der Waals surface area (Å²) in [6.45, 7) is 5.27. The Labute approximate surface area is 142 Å². The molecule has 24 heavy (non-hydrogen) atoms. The number of carbonyl (C=O) groups is 2. The molecule has 0 saturated carbocycles. The molecule has 1 aromatic rings. The highest BCUT2D eigenvalue weighted by molar-refractivity contribution is 5.94. The van der Waals surface area contributed by atoms with Gasteiger partial charge in [0.1, 0.15) is 0 Å². The van der Waals surface area contributed by atoms with Gasteiger partial charge in [0.05, 0.1) is 12.1 Å². The van der Waals surface area contributed by atoms with Crippen LogP contribution in [0.2, 0.25) is 0 Å². The molecule has 2 heterocycles. The van der Waals surface area contributed by atoms with Gasteiger partial charge in [0.2, 0.25) is 0 Å². The summed E-state index contributed by atoms with van der Waals surface area (Å²) < 4.78 is 5.45. The van der Waals surface area contributed by atoms with E-state index in [1.807, 2.05) is 30.0 Å². The Hall–Kier alpha value is -2.08. The quantitative estimate of drug-likeness (QED) is 0.866. The molecule has 2 saturated heterocycles. The van der Waals surface area contributed by atoms with Gasteiger partial charge in [-0.25, -0.2) is 4.79 Å². The van der Waals surface area contributed by atoms with Gasteiger partial charge in [0, 0.05) is 31.8 Å². The number of amides is 3. The van der Waals surface area contributed by atoms with E-state index < -0.39 is 0 Å². The summed E-state index contributed by atoms with van der Waals surface area (Å²) in [4.78, 5) is 26.3. The first-order valence-corrected chi connectivity index (χ1v) is 8.65. The maximum atomic E-state index is 12.4. The first kappa shape index (κ1) is 16.8. The van der Waals surface area contributed by atoms with Gasteiger partial charge in [-0.1, -0.05) is 19.1 Å². The SMILES string of the molecule is CCCNC(=O)c1cccc(CNC(=O)N2CCC23CCOC3)c1. The molecule has 130 valence electrons. The van der Waals surface area contributed by atoms with Crippen molar-refractivity contribution in [3.8, 4) is 0 Å². The van der Waals surface area contributed by atoms with Crippen LogP contribution in [0, 0.1) is 0 Å². The highest BCUT2D eigenvalue weighted by Gasteiger charge is 2.49. The van der Waals surface area contributed by atoms with E-state index in [1.54, 1.807) is 6.07 Å². The van der Waals surface area contributed by atoms with E-state index in [1.165, 1.54) is 0 Å². The van der Waals surface area contributed by atoms with Crippen LogP contribution in [-0.2, 0) is 11.3 Å². The Bertz CT molecular complexity index is 611. The fraction of sp³-hybridized carbons (Fsp3) is 0.556. The predicted molar refractivity (Wildman–Crippen MR) is 90.8 cm³/mol. The van der Waals surface area contributed by atoms with Crippen molar-refractivity contribution < 1.29 is 14.3 Å². The number of carbonyl (C=O) groups excluding carboxylic acids is 2. The lowest BCUT2D eigenvalue weighted by atomic mass is 9.84. The van der Waals surface area contributed by atoms with E-state index in [0.717, 1.165) is 38.0 Å². The molecular formula is C18H25N3O3. The van der Waals surface area contributed by atoms with Crippen molar-refractivity contribution >= 4 is 11.9 Å². The highest BCUT2D eigenvalue weighted by Crippen LogP contribution is 2.37. The third-order valence-corrected chi connectivity index (χ3v) is 4.87. The van der Waals surface area contributed by atoms with Crippen LogP contribution >= 0.6 is 0 Å². The van der Waals surface area contributed by atoms with E-state index in [-0.39, 0.29) is 17.5 Å². The highest BCUT2D eigenvalue weighted by atomic mass is 16.5. The normalized spacial score (nSPS) is 22.3. The molecule has 1 aromatic carbocycles. The molecular weight excluding hydrogens is 306 g/mol. The topological polar surface area (TPSA) is 70.7 Å². The number of rotatable bonds is 5. The number of nitrogens with one attached hydrogen (secondary N) is 2. The number of benzene rings is 1. The van der Waals surface area contributed by atoms with Crippen LogP contribution in [0.4, 0.5) is 4.79 Å². The summed E-state index contributed by atoms with van der Waals surface area (Å²) >= 11 is 0. The third-order valence-electron chi connectivity index (χ3n) is 4.87. The number of nitrogens with zero attached hydrogens (tertiary/aromatic N) is 1. The van der Waals surface area contributed by atoms with Gasteiger partial charge < -0.3 is 20.3 Å². The number of hydrogen-bond acceptors (Lipinski definition) is 3. The van der Waals surface area contributed by atoms with Crippen molar-refractivity contribution in [2.45, 2.75) is 38.3 Å². The molecule has 1 spiro atoms. The molecule has 1 unspecified atom stereocenters. The van der Waals surface area contributed by atoms with E-state index in [0.29, 0.717) is 25.3 Å². The maximum Gasteiger partial charge on any atom is 0.318 e. The van der Waals surface area contributed by atoms with E-state index in [4.69, 9.17) is 4.74 Å². The Morgan fingerprint density at radius 2 is 2.17 bits per heavy atom. The van der Waals surface area contributed by atoms with Gasteiger partial charge in [-0.05, 0) is 37.0 Å². The smallest absolute Gasteiger partial charge is 0.318 e. The second-order valence-corrected chi connectivity index (χ2v) is 6.54. The lowest BCUT2D eigenvalue weighted by molar-refractivity contribution is 0.0141. The summed E-state index contributed by atoms with van der Waals surface area (Å²) in [5.41, 5.74) is 1.47. The monoisotopic (exact) mass is 331 g/mol. The molecule has 0 aliphatic carbocycles. The molecule has 2 aliphatic heterocycles. The lowest BCUT2D eigenvalue weighted by Gasteiger charge is -2.49. The standard InChI is InChI=1S/C18H25N3O3/c1-2-8-19-16(22)15-5-3-4-14(11-15)12-20-17(23)21-9-6-18(21)7-10-24-13-18/h3-5,11H,2,6-10,12-13H2,1H3,(H,19,22)(H,20,23). The summed E-state index contributed by atoms with van der Waals surface area (Å²) in [5, 5.41) is 5.82. The molecule has 1 atom stereocenters. The van der Waals surface area contributed by atoms with E-state index >= 15 is 0 Å². The van der Waals surface area contributed by atoms with E-state index in [2.05, 4.69) is 10.6 Å². The molecule has 3 rings (SSSR count). The molecule has 3 amide bonds. The number of ether oxygens (including phenoxy) is 1. The van der Waals surface area contributed by atoms with Gasteiger partial charge in [0.25, 0.3) is 5.91 Å². The second-order valence-electron chi connectivity index (χ2n) is 6.54. The zero-order valence-corrected chi connectivity index (χ0v) is 14.1. The lowest BCUT2D eigenvalue weighted by Crippen LogP contribution is -2.64. The van der Waals surface area contributed by atoms with Gasteiger partial charge in [0.15, 0.2) is 0 Å². The zero-order chi connectivity index (χ0) is 17.0. The second kappa shape index (κ2) is 7.21. The largest absolute Gasteiger partial charge is 0.379 e. The van der Waals surface area contributed by atoms with Crippen molar-refractivity contribution in [1.29, 1.82) is 0 Å². The van der Waals surface area contributed by atoms with Crippen molar-refractivity contribution in [2.24, 2.45) is 0 Å². The molecule has 6 nitrogen and oxygen atoms in total. The zero-order valence-electron chi connectivity index (χ0n) is 14.1. The van der Waals surface area contributed by atoms with Crippen LogP contribution in [-0.4, -0.2) is 48.7 Å². The maximum absolute atomic E-state index is 12.4. The van der Waals surface area contributed by atoms with Gasteiger partial charge in [-0.2, -0.15) is 0 Å². The molecule has 0 radical (unpaired) electrons. The summed E-state index contributed by atoms with van der Waals surface area (Å²) in [6.07, 6.45) is 2.85. The van der Waals surface area contributed by atoms with Crippen LogP contribution in [0.1, 0.15) is 42.1 Å². The molecule has 2 fully saturated rings. The van der Waals surface area contributed by atoms with Crippen molar-refractivity contribution in [2.75, 3.05) is 26.3 Å². The summed E-state index contributed by atoms with van der Waals surface area (Å²) in [5.74, 6) is -0.0742. The molecule has 2 N–H and O–H groups in total. The van der Waals surface area contributed by atoms with Crippen LogP contribution < -0.4 is 10.6 Å². The molecule has 6 heteroatoms. The number of hydrogen-bond donors (Lipinski definition) is 2. The minimum atomic E-state index is -0.0774. The molecule has 0 aromatic heterocycles. The molecule has 0 bridgehead atoms. The first-order valence-electron chi connectivity index (χ1n) is 8.65. The predicted octanol–water partition coefficient (Wildman–Crippen LogP) is 1.90. The van der Waals surface area contributed by atoms with Crippen LogP contribution in [0.25, 0.3) is 0 Å². The van der Waals surface area contributed by atoms with E-state index in [9.17, 15) is 9.59 Å². The van der Waals surface area contributed by atoms with Crippen LogP contribution in [0.5, 0.6) is 0 Å². The molecule has 2 aliphatic rings. The van der Waals surface area contributed by atoms with Crippen molar-refractivity contribution in [1.82, 2.24) is 15.5 Å². The fourth-order valence-electron chi connectivity index (χ4n) is 3.30. The Morgan fingerprint density at radius 3 is 2.83 bits per heavy atom. The first-order chi connectivity index (χ1) is 11.6. The average molecular weight is 331 g/mol. The van der Waals surface area contributed by atoms with Gasteiger partial charge in [-0.15, -0.1) is 0 Å². The Kier molecular flexibility index (Phi) is 5.04. The summed E-state index contributed by atoms with van der Waals surface area (Å²) in [7, 11) is 0. The number of urea groups is 1. The number of likely N-dealkylation sites (tertiary alicyclic amines) is 1. The fourth-order valence-corrected chi connectivity index (χ4v) is 3.30. The minimum Gasteiger partial charge on any atom is -0.379 e. The average Bonchev–Trinajstić information content (AvgIpc) is 3.09. The van der Waals surface area contributed by atoms with Crippen LogP contribution in [0.3, 0.4) is 0 Å².